The molecule has 4 heteroatoms. The maximum Gasteiger partial charge on any atom is 0.165 e. The Kier molecular flexibility index (Phi) is 2.71. The zero-order valence-electron chi connectivity index (χ0n) is 10.7. The number of benzene rings is 1. The van der Waals surface area contributed by atoms with Crippen LogP contribution in [0.25, 0.3) is 16.9 Å². The number of rotatable bonds is 2. The largest absolute Gasteiger partial charge is 0.494 e. The second-order valence-electron chi connectivity index (χ2n) is 4.37. The standard InChI is InChI=1S/C15H13FN2O/c1-10-4-3-5-15-17-13(9-18(10)15)11-6-7-14(19-2)12(16)8-11/h3-9H,1-2H3. The Balaban J connectivity index is 2.14. The average molecular weight is 256 g/mol. The summed E-state index contributed by atoms with van der Waals surface area (Å²) in [7, 11) is 1.45. The smallest absolute Gasteiger partial charge is 0.165 e. The summed E-state index contributed by atoms with van der Waals surface area (Å²) in [6.45, 7) is 2.01. The molecule has 3 nitrogen and oxygen atoms in total. The van der Waals surface area contributed by atoms with Crippen LogP contribution in [0.3, 0.4) is 0 Å². The minimum Gasteiger partial charge on any atom is -0.494 e. The maximum absolute atomic E-state index is 13.7. The SMILES string of the molecule is COc1ccc(-c2cn3c(C)cccc3n2)cc1F. The molecule has 0 amide bonds. The number of nitrogens with zero attached hydrogens (tertiary/aromatic N) is 2. The van der Waals surface area contributed by atoms with Crippen LogP contribution >= 0.6 is 0 Å². The van der Waals surface area contributed by atoms with Gasteiger partial charge in [-0.2, -0.15) is 0 Å². The fourth-order valence-corrected chi connectivity index (χ4v) is 2.11. The van der Waals surface area contributed by atoms with Crippen molar-refractivity contribution in [2.24, 2.45) is 0 Å². The topological polar surface area (TPSA) is 26.5 Å². The number of aryl methyl sites for hydroxylation is 1. The molecule has 2 aromatic heterocycles. The fraction of sp³-hybridized carbons (Fsp3) is 0.133. The first-order valence-corrected chi connectivity index (χ1v) is 5.97. The Morgan fingerprint density at radius 1 is 1.21 bits per heavy atom. The monoisotopic (exact) mass is 256 g/mol. The minimum absolute atomic E-state index is 0.240. The molecule has 0 aliphatic carbocycles. The molecule has 3 rings (SSSR count). The summed E-state index contributed by atoms with van der Waals surface area (Å²) in [6.07, 6.45) is 1.91. The lowest BCUT2D eigenvalue weighted by molar-refractivity contribution is 0.386. The van der Waals surface area contributed by atoms with Crippen molar-refractivity contribution in [1.29, 1.82) is 0 Å². The quantitative estimate of drug-likeness (QED) is 0.702. The van der Waals surface area contributed by atoms with E-state index in [2.05, 4.69) is 4.98 Å². The predicted molar refractivity (Wildman–Crippen MR) is 71.9 cm³/mol. The van der Waals surface area contributed by atoms with Gasteiger partial charge in [-0.3, -0.25) is 0 Å². The first-order valence-electron chi connectivity index (χ1n) is 5.97. The third-order valence-corrected chi connectivity index (χ3v) is 3.14. The number of ether oxygens (including phenoxy) is 1. The van der Waals surface area contributed by atoms with Crippen LogP contribution in [0.15, 0.2) is 42.6 Å². The molecule has 0 N–H and O–H groups in total. The molecule has 3 aromatic rings. The van der Waals surface area contributed by atoms with Gasteiger partial charge in [-0.25, -0.2) is 9.37 Å². The molecule has 1 aromatic carbocycles. The Morgan fingerprint density at radius 3 is 2.74 bits per heavy atom. The van der Waals surface area contributed by atoms with Crippen molar-refractivity contribution in [3.63, 3.8) is 0 Å². The number of hydrogen-bond acceptors (Lipinski definition) is 2. The molecular weight excluding hydrogens is 243 g/mol. The zero-order chi connectivity index (χ0) is 13.4. The molecule has 19 heavy (non-hydrogen) atoms. The van der Waals surface area contributed by atoms with Gasteiger partial charge in [0.25, 0.3) is 0 Å². The third kappa shape index (κ3) is 1.95. The van der Waals surface area contributed by atoms with Crippen LogP contribution in [0.5, 0.6) is 5.75 Å². The lowest BCUT2D eigenvalue weighted by Gasteiger charge is -2.02. The van der Waals surface area contributed by atoms with Crippen LogP contribution in [0.2, 0.25) is 0 Å². The first kappa shape index (κ1) is 11.7. The van der Waals surface area contributed by atoms with Crippen molar-refractivity contribution in [2.45, 2.75) is 6.92 Å². The Labute approximate surface area is 110 Å². The highest BCUT2D eigenvalue weighted by molar-refractivity contribution is 5.63. The number of imidazole rings is 1. The van der Waals surface area contributed by atoms with Crippen LogP contribution in [0, 0.1) is 12.7 Å². The van der Waals surface area contributed by atoms with Gasteiger partial charge in [0.05, 0.1) is 12.8 Å². The van der Waals surface area contributed by atoms with Gasteiger partial charge in [-0.15, -0.1) is 0 Å². The van der Waals surface area contributed by atoms with E-state index >= 15 is 0 Å². The molecule has 0 spiro atoms. The van der Waals surface area contributed by atoms with E-state index in [9.17, 15) is 4.39 Å². The summed E-state index contributed by atoms with van der Waals surface area (Å²) in [4.78, 5) is 4.50. The van der Waals surface area contributed by atoms with E-state index in [0.29, 0.717) is 0 Å². The number of aromatic nitrogens is 2. The van der Waals surface area contributed by atoms with E-state index in [1.54, 1.807) is 12.1 Å². The van der Waals surface area contributed by atoms with Crippen molar-refractivity contribution < 1.29 is 9.13 Å². The van der Waals surface area contributed by atoms with Crippen LogP contribution in [-0.4, -0.2) is 16.5 Å². The normalized spacial score (nSPS) is 10.9. The highest BCUT2D eigenvalue weighted by Gasteiger charge is 2.09. The van der Waals surface area contributed by atoms with Crippen molar-refractivity contribution in [3.05, 3.63) is 54.1 Å². The zero-order valence-corrected chi connectivity index (χ0v) is 10.7. The molecule has 2 heterocycles. The van der Waals surface area contributed by atoms with Gasteiger partial charge >= 0.3 is 0 Å². The van der Waals surface area contributed by atoms with Crippen LogP contribution in [0.1, 0.15) is 5.69 Å². The molecule has 0 radical (unpaired) electrons. The Hall–Kier alpha value is -2.36. The molecule has 0 bridgehead atoms. The highest BCUT2D eigenvalue weighted by Crippen LogP contribution is 2.25. The number of methoxy groups -OCH3 is 1. The summed E-state index contributed by atoms with van der Waals surface area (Å²) < 4.78 is 20.6. The Bertz CT molecular complexity index is 749. The van der Waals surface area contributed by atoms with Gasteiger partial charge in [0.15, 0.2) is 11.6 Å². The fourth-order valence-electron chi connectivity index (χ4n) is 2.11. The van der Waals surface area contributed by atoms with E-state index in [1.165, 1.54) is 13.2 Å². The van der Waals surface area contributed by atoms with Gasteiger partial charge in [-0.05, 0) is 37.3 Å². The van der Waals surface area contributed by atoms with Gasteiger partial charge in [0.1, 0.15) is 5.65 Å². The molecular formula is C15H13FN2O. The second-order valence-corrected chi connectivity index (χ2v) is 4.37. The van der Waals surface area contributed by atoms with E-state index in [4.69, 9.17) is 4.74 Å². The van der Waals surface area contributed by atoms with Crippen molar-refractivity contribution in [3.8, 4) is 17.0 Å². The molecule has 96 valence electrons. The van der Waals surface area contributed by atoms with Crippen molar-refractivity contribution in [2.75, 3.05) is 7.11 Å². The van der Waals surface area contributed by atoms with Crippen molar-refractivity contribution >= 4 is 5.65 Å². The molecule has 0 atom stereocenters. The predicted octanol–water partition coefficient (Wildman–Crippen LogP) is 3.46. The number of pyridine rings is 1. The molecule has 0 fully saturated rings. The average Bonchev–Trinajstić information content (AvgIpc) is 2.84. The van der Waals surface area contributed by atoms with E-state index in [1.807, 2.05) is 35.7 Å². The molecule has 0 saturated heterocycles. The van der Waals surface area contributed by atoms with E-state index in [0.717, 1.165) is 22.6 Å². The number of hydrogen-bond donors (Lipinski definition) is 0. The minimum atomic E-state index is -0.381. The summed E-state index contributed by atoms with van der Waals surface area (Å²) in [5.41, 5.74) is 3.42. The summed E-state index contributed by atoms with van der Waals surface area (Å²) in [5.74, 6) is -0.141. The highest BCUT2D eigenvalue weighted by atomic mass is 19.1. The van der Waals surface area contributed by atoms with Crippen LogP contribution in [-0.2, 0) is 0 Å². The molecule has 0 aliphatic heterocycles. The molecule has 0 saturated carbocycles. The number of halogens is 1. The number of fused-ring (bicyclic) bond motifs is 1. The van der Waals surface area contributed by atoms with Crippen LogP contribution in [0.4, 0.5) is 4.39 Å². The molecule has 0 aliphatic rings. The Morgan fingerprint density at radius 2 is 2.05 bits per heavy atom. The molecule has 0 unspecified atom stereocenters. The van der Waals surface area contributed by atoms with Crippen molar-refractivity contribution in [1.82, 2.24) is 9.38 Å². The van der Waals surface area contributed by atoms with Crippen LogP contribution < -0.4 is 4.74 Å². The second kappa shape index (κ2) is 4.39. The van der Waals surface area contributed by atoms with Gasteiger partial charge in [0.2, 0.25) is 0 Å². The first-order chi connectivity index (χ1) is 9.19. The van der Waals surface area contributed by atoms with Gasteiger partial charge < -0.3 is 9.14 Å². The maximum atomic E-state index is 13.7. The third-order valence-electron chi connectivity index (χ3n) is 3.14. The van der Waals surface area contributed by atoms with E-state index in [-0.39, 0.29) is 11.6 Å². The summed E-state index contributed by atoms with van der Waals surface area (Å²) in [5, 5.41) is 0. The van der Waals surface area contributed by atoms with Gasteiger partial charge in [-0.1, -0.05) is 6.07 Å². The lowest BCUT2D eigenvalue weighted by Crippen LogP contribution is -1.88. The summed E-state index contributed by atoms with van der Waals surface area (Å²) >= 11 is 0. The van der Waals surface area contributed by atoms with E-state index < -0.39 is 0 Å². The lowest BCUT2D eigenvalue weighted by atomic mass is 10.1. The summed E-state index contributed by atoms with van der Waals surface area (Å²) in [6, 6.07) is 10.7. The van der Waals surface area contributed by atoms with Gasteiger partial charge in [0, 0.05) is 17.5 Å².